The molecule has 2 N–H and O–H groups in total. The maximum Gasteiger partial charge on any atom is 0.222 e. The molecule has 144 valence electrons. The summed E-state index contributed by atoms with van der Waals surface area (Å²) in [5, 5.41) is 5.80. The summed E-state index contributed by atoms with van der Waals surface area (Å²) in [6.07, 6.45) is 7.16. The van der Waals surface area contributed by atoms with Gasteiger partial charge in [0.1, 0.15) is 0 Å². The number of hydrogen-bond donors (Lipinski definition) is 2. The standard InChI is InChI=1S/2C10H21NO/c1-8(2)6-5-7-11-10(12)9(3)4;1-4-5-6-7-8-11-10(12)9(2)3/h8-9H,5-7H2,1-4H3,(H,11,12);9H,4-8H2,1-3H3,(H,11,12). The number of carbonyl (C=O) groups excluding carboxylic acids is 2. The molecule has 0 atom stereocenters. The molecule has 0 radical (unpaired) electrons. The van der Waals surface area contributed by atoms with Crippen molar-refractivity contribution in [2.45, 2.75) is 87.0 Å². The quantitative estimate of drug-likeness (QED) is 0.542. The maximum absolute atomic E-state index is 11.1. The first kappa shape index (κ1) is 25.2. The number of nitrogens with one attached hydrogen (secondary N) is 2. The van der Waals surface area contributed by atoms with Gasteiger partial charge in [0.25, 0.3) is 0 Å². The average Bonchev–Trinajstić information content (AvgIpc) is 2.51. The fourth-order valence-corrected chi connectivity index (χ4v) is 1.89. The maximum atomic E-state index is 11.1. The van der Waals surface area contributed by atoms with Crippen LogP contribution in [0.2, 0.25) is 0 Å². The van der Waals surface area contributed by atoms with E-state index in [0.29, 0.717) is 0 Å². The Morgan fingerprint density at radius 3 is 1.54 bits per heavy atom. The molecule has 0 saturated heterocycles. The van der Waals surface area contributed by atoms with Crippen LogP contribution in [0, 0.1) is 17.8 Å². The Labute approximate surface area is 150 Å². The molecule has 0 rings (SSSR count). The van der Waals surface area contributed by atoms with Gasteiger partial charge in [-0.05, 0) is 25.2 Å². The summed E-state index contributed by atoms with van der Waals surface area (Å²) in [7, 11) is 0. The van der Waals surface area contributed by atoms with Gasteiger partial charge in [0, 0.05) is 24.9 Å². The molecule has 2 amide bonds. The highest BCUT2D eigenvalue weighted by Crippen LogP contribution is 2.02. The third-order valence-corrected chi connectivity index (χ3v) is 3.64. The molecule has 4 heteroatoms. The molecule has 4 nitrogen and oxygen atoms in total. The van der Waals surface area contributed by atoms with Crippen LogP contribution in [0.15, 0.2) is 0 Å². The van der Waals surface area contributed by atoms with Crippen LogP contribution in [0.25, 0.3) is 0 Å². The first-order chi connectivity index (χ1) is 11.2. The summed E-state index contributed by atoms with van der Waals surface area (Å²) in [4.78, 5) is 22.1. The largest absolute Gasteiger partial charge is 0.356 e. The van der Waals surface area contributed by atoms with Crippen LogP contribution in [0.5, 0.6) is 0 Å². The zero-order valence-electron chi connectivity index (χ0n) is 17.2. The van der Waals surface area contributed by atoms with Crippen molar-refractivity contribution in [3.05, 3.63) is 0 Å². The van der Waals surface area contributed by atoms with E-state index in [1.165, 1.54) is 25.7 Å². The van der Waals surface area contributed by atoms with Crippen LogP contribution in [0.3, 0.4) is 0 Å². The van der Waals surface area contributed by atoms with Crippen molar-refractivity contribution < 1.29 is 9.59 Å². The van der Waals surface area contributed by atoms with Gasteiger partial charge >= 0.3 is 0 Å². The summed E-state index contributed by atoms with van der Waals surface area (Å²) in [5.74, 6) is 1.31. The average molecular weight is 343 g/mol. The van der Waals surface area contributed by atoms with Crippen LogP contribution < -0.4 is 10.6 Å². The molecule has 0 aliphatic carbocycles. The molecular weight excluding hydrogens is 300 g/mol. The predicted octanol–water partition coefficient (Wildman–Crippen LogP) is 4.53. The molecule has 0 aliphatic rings. The SMILES string of the molecule is CC(C)CCCNC(=O)C(C)C.CCCCCCNC(=O)C(C)C. The van der Waals surface area contributed by atoms with Crippen LogP contribution in [-0.2, 0) is 9.59 Å². The van der Waals surface area contributed by atoms with E-state index < -0.39 is 0 Å². The minimum absolute atomic E-state index is 0.115. The zero-order chi connectivity index (χ0) is 19.0. The molecule has 0 aromatic heterocycles. The molecule has 0 heterocycles. The van der Waals surface area contributed by atoms with Gasteiger partial charge in [0.2, 0.25) is 11.8 Å². The van der Waals surface area contributed by atoms with Gasteiger partial charge in [0.05, 0.1) is 0 Å². The normalized spacial score (nSPS) is 10.6. The lowest BCUT2D eigenvalue weighted by Crippen LogP contribution is -2.28. The monoisotopic (exact) mass is 342 g/mol. The summed E-state index contributed by atoms with van der Waals surface area (Å²) >= 11 is 0. The molecule has 0 saturated carbocycles. The summed E-state index contributed by atoms with van der Waals surface area (Å²) in [6.45, 7) is 15.9. The van der Waals surface area contributed by atoms with Gasteiger partial charge < -0.3 is 10.6 Å². The van der Waals surface area contributed by atoms with E-state index in [2.05, 4.69) is 31.4 Å². The van der Waals surface area contributed by atoms with E-state index >= 15 is 0 Å². The Balaban J connectivity index is 0. The number of rotatable bonds is 11. The summed E-state index contributed by atoms with van der Waals surface area (Å²) in [6, 6.07) is 0. The highest BCUT2D eigenvalue weighted by atomic mass is 16.2. The zero-order valence-corrected chi connectivity index (χ0v) is 17.2. The van der Waals surface area contributed by atoms with E-state index in [1.807, 2.05) is 27.7 Å². The Kier molecular flexibility index (Phi) is 17.6. The fourth-order valence-electron chi connectivity index (χ4n) is 1.89. The lowest BCUT2D eigenvalue weighted by molar-refractivity contribution is -0.124. The summed E-state index contributed by atoms with van der Waals surface area (Å²) in [5.41, 5.74) is 0. The van der Waals surface area contributed by atoms with Crippen LogP contribution in [0.4, 0.5) is 0 Å². The second-order valence-electron chi connectivity index (χ2n) is 7.49. The van der Waals surface area contributed by atoms with Crippen molar-refractivity contribution in [1.29, 1.82) is 0 Å². The number of carbonyl (C=O) groups is 2. The fraction of sp³-hybridized carbons (Fsp3) is 0.900. The summed E-state index contributed by atoms with van der Waals surface area (Å²) < 4.78 is 0. The lowest BCUT2D eigenvalue weighted by atomic mass is 10.1. The molecule has 24 heavy (non-hydrogen) atoms. The van der Waals surface area contributed by atoms with Crippen molar-refractivity contribution >= 4 is 11.8 Å². The van der Waals surface area contributed by atoms with E-state index in [4.69, 9.17) is 0 Å². The Bertz CT molecular complexity index is 313. The van der Waals surface area contributed by atoms with Gasteiger partial charge in [-0.2, -0.15) is 0 Å². The Morgan fingerprint density at radius 1 is 0.708 bits per heavy atom. The molecular formula is C20H42N2O2. The third-order valence-electron chi connectivity index (χ3n) is 3.64. The number of unbranched alkanes of at least 4 members (excludes halogenated alkanes) is 3. The lowest BCUT2D eigenvalue weighted by Gasteiger charge is -2.08. The minimum atomic E-state index is 0.115. The Hall–Kier alpha value is -1.06. The van der Waals surface area contributed by atoms with E-state index in [9.17, 15) is 9.59 Å². The van der Waals surface area contributed by atoms with E-state index in [0.717, 1.165) is 31.8 Å². The molecule has 0 aromatic rings. The van der Waals surface area contributed by atoms with Crippen molar-refractivity contribution in [2.75, 3.05) is 13.1 Å². The molecule has 0 unspecified atom stereocenters. The third kappa shape index (κ3) is 19.0. The molecule has 0 aromatic carbocycles. The molecule has 0 fully saturated rings. The van der Waals surface area contributed by atoms with E-state index in [-0.39, 0.29) is 23.7 Å². The van der Waals surface area contributed by atoms with Gasteiger partial charge in [0.15, 0.2) is 0 Å². The van der Waals surface area contributed by atoms with Gasteiger partial charge in [-0.3, -0.25) is 9.59 Å². The predicted molar refractivity (Wildman–Crippen MR) is 104 cm³/mol. The van der Waals surface area contributed by atoms with Crippen molar-refractivity contribution in [3.63, 3.8) is 0 Å². The van der Waals surface area contributed by atoms with Gasteiger partial charge in [-0.15, -0.1) is 0 Å². The van der Waals surface area contributed by atoms with Crippen LogP contribution in [-0.4, -0.2) is 24.9 Å². The highest BCUT2D eigenvalue weighted by Gasteiger charge is 2.05. The number of hydrogen-bond acceptors (Lipinski definition) is 2. The molecule has 0 spiro atoms. The molecule has 0 aliphatic heterocycles. The van der Waals surface area contributed by atoms with Crippen LogP contribution in [0.1, 0.15) is 87.0 Å². The smallest absolute Gasteiger partial charge is 0.222 e. The van der Waals surface area contributed by atoms with Crippen molar-refractivity contribution in [2.24, 2.45) is 17.8 Å². The van der Waals surface area contributed by atoms with E-state index in [1.54, 1.807) is 0 Å². The first-order valence-electron chi connectivity index (χ1n) is 9.77. The van der Waals surface area contributed by atoms with Gasteiger partial charge in [-0.1, -0.05) is 67.7 Å². The second kappa shape index (κ2) is 16.8. The molecule has 0 bridgehead atoms. The first-order valence-corrected chi connectivity index (χ1v) is 9.77. The van der Waals surface area contributed by atoms with Crippen LogP contribution >= 0.6 is 0 Å². The van der Waals surface area contributed by atoms with Gasteiger partial charge in [-0.25, -0.2) is 0 Å². The second-order valence-corrected chi connectivity index (χ2v) is 7.49. The van der Waals surface area contributed by atoms with Crippen molar-refractivity contribution in [1.82, 2.24) is 10.6 Å². The van der Waals surface area contributed by atoms with Crippen molar-refractivity contribution in [3.8, 4) is 0 Å². The minimum Gasteiger partial charge on any atom is -0.356 e. The highest BCUT2D eigenvalue weighted by molar-refractivity contribution is 5.78. The topological polar surface area (TPSA) is 58.2 Å². The number of amides is 2. The Morgan fingerprint density at radius 2 is 1.17 bits per heavy atom.